The number of hydrogen-bond donors (Lipinski definition) is 0. The van der Waals surface area contributed by atoms with Crippen LogP contribution in [0.3, 0.4) is 0 Å². The van der Waals surface area contributed by atoms with Crippen molar-refractivity contribution in [3.63, 3.8) is 0 Å². The van der Waals surface area contributed by atoms with Crippen LogP contribution in [0.5, 0.6) is 5.75 Å². The maximum Gasteiger partial charge on any atom is 0.332 e. The van der Waals surface area contributed by atoms with E-state index in [1.165, 1.54) is 6.07 Å². The van der Waals surface area contributed by atoms with Crippen molar-refractivity contribution >= 4 is 13.5 Å². The molecule has 190 valence electrons. The fraction of sp³-hybridized carbons (Fsp3) is 0.520. The van der Waals surface area contributed by atoms with Gasteiger partial charge in [0.05, 0.1) is 19.4 Å². The molecule has 35 heavy (non-hydrogen) atoms. The van der Waals surface area contributed by atoms with Gasteiger partial charge in [-0.25, -0.2) is 0 Å². The molecular formula is C25H34N3O6P. The Bertz CT molecular complexity index is 1140. The number of aromatic nitrogens is 1. The fourth-order valence-corrected chi connectivity index (χ4v) is 6.68. The van der Waals surface area contributed by atoms with Gasteiger partial charge in [0.1, 0.15) is 12.3 Å². The highest BCUT2D eigenvalue weighted by molar-refractivity contribution is 7.53. The molecule has 10 heteroatoms. The number of carbonyl (C=O) groups is 1. The van der Waals surface area contributed by atoms with Gasteiger partial charge in [0, 0.05) is 25.9 Å². The average molecular weight is 504 g/mol. The zero-order valence-corrected chi connectivity index (χ0v) is 21.5. The van der Waals surface area contributed by atoms with Crippen LogP contribution in [0, 0.1) is 0 Å². The van der Waals surface area contributed by atoms with Gasteiger partial charge in [-0.15, -0.1) is 0 Å². The molecule has 2 heterocycles. The van der Waals surface area contributed by atoms with Gasteiger partial charge in [0.15, 0.2) is 11.4 Å². The molecule has 0 N–H and O–H groups in total. The van der Waals surface area contributed by atoms with E-state index in [9.17, 15) is 14.2 Å². The smallest absolute Gasteiger partial charge is 0.332 e. The lowest BCUT2D eigenvalue weighted by Gasteiger charge is -2.53. The second kappa shape index (κ2) is 10.6. The van der Waals surface area contributed by atoms with Crippen LogP contribution in [0.25, 0.3) is 0 Å². The Labute approximate surface area is 206 Å². The van der Waals surface area contributed by atoms with Gasteiger partial charge in [-0.3, -0.25) is 23.8 Å². The third-order valence-electron chi connectivity index (χ3n) is 6.77. The number of nitrogens with zero attached hydrogens (tertiary/aromatic N) is 3. The molecule has 0 bridgehead atoms. The van der Waals surface area contributed by atoms with E-state index in [4.69, 9.17) is 13.8 Å². The van der Waals surface area contributed by atoms with E-state index < -0.39 is 13.3 Å². The third kappa shape index (κ3) is 4.90. The summed E-state index contributed by atoms with van der Waals surface area (Å²) in [6.07, 6.45) is 5.25. The van der Waals surface area contributed by atoms with Crippen molar-refractivity contribution in [1.82, 2.24) is 9.58 Å². The highest BCUT2D eigenvalue weighted by atomic mass is 31.2. The van der Waals surface area contributed by atoms with Gasteiger partial charge in [-0.1, -0.05) is 30.3 Å². The van der Waals surface area contributed by atoms with Crippen LogP contribution in [0.15, 0.2) is 47.4 Å². The van der Waals surface area contributed by atoms with Crippen molar-refractivity contribution in [1.29, 1.82) is 0 Å². The third-order valence-corrected chi connectivity index (χ3v) is 8.83. The number of pyridine rings is 1. The zero-order valence-electron chi connectivity index (χ0n) is 20.6. The van der Waals surface area contributed by atoms with Crippen molar-refractivity contribution in [2.45, 2.75) is 51.8 Å². The SMILES string of the molecule is CCOP(=O)(CCN1n2ccc(=O)c(OCc3ccccc3)c2C(=O)N(C)C12CCCC2)OCC. The lowest BCUT2D eigenvalue weighted by molar-refractivity contribution is 0.0380. The summed E-state index contributed by atoms with van der Waals surface area (Å²) in [5.74, 6) is -0.245. The summed E-state index contributed by atoms with van der Waals surface area (Å²) in [6, 6.07) is 10.9. The Hall–Kier alpha value is -2.61. The molecule has 4 rings (SSSR count). The molecule has 1 saturated carbocycles. The van der Waals surface area contributed by atoms with Gasteiger partial charge in [0.2, 0.25) is 5.43 Å². The van der Waals surface area contributed by atoms with Crippen LogP contribution in [-0.4, -0.2) is 54.1 Å². The molecule has 0 atom stereocenters. The van der Waals surface area contributed by atoms with Crippen LogP contribution >= 0.6 is 7.60 Å². The first kappa shape index (κ1) is 25.5. The molecule has 1 aromatic heterocycles. The summed E-state index contributed by atoms with van der Waals surface area (Å²) < 4.78 is 32.0. The first-order chi connectivity index (χ1) is 16.8. The molecule has 1 amide bonds. The Balaban J connectivity index is 1.74. The maximum atomic E-state index is 13.7. The van der Waals surface area contributed by atoms with Crippen molar-refractivity contribution in [2.24, 2.45) is 0 Å². The highest BCUT2D eigenvalue weighted by Crippen LogP contribution is 2.49. The Morgan fingerprint density at radius 2 is 1.66 bits per heavy atom. The summed E-state index contributed by atoms with van der Waals surface area (Å²) in [4.78, 5) is 28.2. The summed E-state index contributed by atoms with van der Waals surface area (Å²) in [6.45, 7) is 4.62. The van der Waals surface area contributed by atoms with Crippen molar-refractivity contribution in [2.75, 3.05) is 38.0 Å². The van der Waals surface area contributed by atoms with E-state index in [2.05, 4.69) is 0 Å². The number of carbonyl (C=O) groups excluding carboxylic acids is 1. The van der Waals surface area contributed by atoms with Crippen LogP contribution in [0.2, 0.25) is 0 Å². The molecule has 1 spiro atoms. The number of ether oxygens (including phenoxy) is 1. The number of benzene rings is 1. The lowest BCUT2D eigenvalue weighted by Crippen LogP contribution is -2.68. The highest BCUT2D eigenvalue weighted by Gasteiger charge is 2.51. The lowest BCUT2D eigenvalue weighted by atomic mass is 10.0. The first-order valence-electron chi connectivity index (χ1n) is 12.2. The van der Waals surface area contributed by atoms with E-state index in [0.717, 1.165) is 31.2 Å². The molecule has 1 aromatic carbocycles. The van der Waals surface area contributed by atoms with E-state index in [1.54, 1.807) is 36.7 Å². The average Bonchev–Trinajstić information content (AvgIpc) is 3.34. The quantitative estimate of drug-likeness (QED) is 0.453. The normalized spacial score (nSPS) is 17.2. The number of rotatable bonds is 10. The van der Waals surface area contributed by atoms with Crippen molar-refractivity contribution in [3.8, 4) is 5.75 Å². The molecule has 0 saturated heterocycles. The van der Waals surface area contributed by atoms with Gasteiger partial charge in [-0.2, -0.15) is 0 Å². The van der Waals surface area contributed by atoms with Crippen LogP contribution < -0.4 is 15.2 Å². The zero-order chi connectivity index (χ0) is 25.1. The van der Waals surface area contributed by atoms with Gasteiger partial charge in [-0.05, 0) is 45.1 Å². The minimum absolute atomic E-state index is 0.0175. The standard InChI is InChI=1S/C25H34N3O6P/c1-4-33-35(31,34-5-2)18-17-28-25(14-9-10-15-25)26(3)24(30)22-23(21(29)13-16-27(22)28)32-19-20-11-7-6-8-12-20/h6-8,11-13,16H,4-5,9-10,14-15,17-19H2,1-3H3. The molecule has 1 aliphatic heterocycles. The second-order valence-corrected chi connectivity index (χ2v) is 11.0. The Morgan fingerprint density at radius 3 is 2.29 bits per heavy atom. The number of amides is 1. The number of hydrogen-bond acceptors (Lipinski definition) is 7. The topological polar surface area (TPSA) is 90.3 Å². The van der Waals surface area contributed by atoms with Gasteiger partial charge >= 0.3 is 7.60 Å². The molecular weight excluding hydrogens is 469 g/mol. The first-order valence-corrected chi connectivity index (χ1v) is 13.9. The molecule has 1 aliphatic carbocycles. The molecule has 0 radical (unpaired) electrons. The minimum Gasteiger partial charge on any atom is -0.482 e. The maximum absolute atomic E-state index is 13.7. The monoisotopic (exact) mass is 503 g/mol. The van der Waals surface area contributed by atoms with E-state index in [1.807, 2.05) is 35.3 Å². The summed E-state index contributed by atoms with van der Waals surface area (Å²) in [5, 5.41) is 2.04. The Kier molecular flexibility index (Phi) is 7.69. The predicted octanol–water partition coefficient (Wildman–Crippen LogP) is 3.99. The minimum atomic E-state index is -3.32. The second-order valence-electron chi connectivity index (χ2n) is 8.82. The van der Waals surface area contributed by atoms with E-state index in [-0.39, 0.29) is 48.8 Å². The molecule has 0 unspecified atom stereocenters. The summed E-state index contributed by atoms with van der Waals surface area (Å²) in [5.41, 5.74) is 0.130. The van der Waals surface area contributed by atoms with Crippen LogP contribution in [0.4, 0.5) is 0 Å². The summed E-state index contributed by atoms with van der Waals surface area (Å²) in [7, 11) is -1.54. The number of fused-ring (bicyclic) bond motifs is 1. The van der Waals surface area contributed by atoms with E-state index >= 15 is 0 Å². The largest absolute Gasteiger partial charge is 0.482 e. The van der Waals surface area contributed by atoms with Crippen LogP contribution in [-0.2, 0) is 20.2 Å². The fourth-order valence-electron chi connectivity index (χ4n) is 5.12. The predicted molar refractivity (Wildman–Crippen MR) is 134 cm³/mol. The molecule has 2 aromatic rings. The van der Waals surface area contributed by atoms with Crippen molar-refractivity contribution < 1.29 is 23.1 Å². The van der Waals surface area contributed by atoms with Gasteiger partial charge in [0.25, 0.3) is 5.91 Å². The Morgan fingerprint density at radius 1 is 1.00 bits per heavy atom. The molecule has 1 fully saturated rings. The molecule has 2 aliphatic rings. The molecule has 9 nitrogen and oxygen atoms in total. The summed E-state index contributed by atoms with van der Waals surface area (Å²) >= 11 is 0. The van der Waals surface area contributed by atoms with Gasteiger partial charge < -0.3 is 18.7 Å². The van der Waals surface area contributed by atoms with Crippen LogP contribution in [0.1, 0.15) is 55.6 Å². The van der Waals surface area contributed by atoms with E-state index in [0.29, 0.717) is 6.54 Å². The van der Waals surface area contributed by atoms with Crippen molar-refractivity contribution in [3.05, 3.63) is 64.1 Å².